The van der Waals surface area contributed by atoms with Crippen molar-refractivity contribution < 1.29 is 33.2 Å². The first kappa shape index (κ1) is 69.4. The van der Waals surface area contributed by atoms with Gasteiger partial charge in [-0.1, -0.05) is 0 Å². The Hall–Kier alpha value is -9.64. The highest BCUT2D eigenvalue weighted by Crippen LogP contribution is 2.38. The summed E-state index contributed by atoms with van der Waals surface area (Å²) in [6, 6.07) is 19.8. The minimum atomic E-state index is -0.338. The molecule has 0 radical (unpaired) electrons. The van der Waals surface area contributed by atoms with Crippen LogP contribution in [0.2, 0.25) is 0 Å². The number of aromatic nitrogens is 12. The Balaban J connectivity index is 0.000000130. The van der Waals surface area contributed by atoms with Gasteiger partial charge in [-0.3, -0.25) is 19.9 Å². The van der Waals surface area contributed by atoms with Gasteiger partial charge in [-0.25, -0.2) is 39.7 Å². The SMILES string of the molecule is CCOc1nccc(NC2CCC(Oc3cc(N4CCOCC4)cc4nccnc34)CC2)n1.Cc1nc(NC2CCC(Oc3cc(N4CCOCC4)cc4nccnc34)CC2)cc(N2CCN(C)CC2)n1.O=c1nccc(NC2CCC(Oc3cc(N4CCOCC4)cc4nccnc34)CC2)[nH]1. The van der Waals surface area contributed by atoms with E-state index in [9.17, 15) is 4.79 Å². The minimum absolute atomic E-state index is 0.125. The Labute approximate surface area is 594 Å². The van der Waals surface area contributed by atoms with E-state index < -0.39 is 0 Å². The molecular weight excluding hydrogens is 1300 g/mol. The normalized spacial score (nSPS) is 22.0. The van der Waals surface area contributed by atoms with Crippen molar-refractivity contribution in [3.8, 4) is 23.3 Å². The summed E-state index contributed by atoms with van der Waals surface area (Å²) in [5.41, 5.74) is 8.04. The van der Waals surface area contributed by atoms with Crippen LogP contribution in [0.4, 0.5) is 40.3 Å². The molecule has 3 aliphatic carbocycles. The molecule has 102 heavy (non-hydrogen) atoms. The fraction of sp³-hybridized carbons (Fsp3) is 0.514. The quantitative estimate of drug-likeness (QED) is 0.0623. The molecule has 6 aromatic heterocycles. The highest BCUT2D eigenvalue weighted by atomic mass is 16.5. The average Bonchev–Trinajstić information content (AvgIpc) is 0.806. The van der Waals surface area contributed by atoms with Crippen LogP contribution in [0.15, 0.2) is 109 Å². The van der Waals surface area contributed by atoms with Crippen LogP contribution in [0.1, 0.15) is 89.8 Å². The molecule has 7 aliphatic rings. The van der Waals surface area contributed by atoms with Crippen LogP contribution < -0.4 is 60.2 Å². The number of morpholine rings is 3. The third-order valence-corrected chi connectivity index (χ3v) is 19.9. The number of rotatable bonds is 18. The second kappa shape index (κ2) is 33.9. The lowest BCUT2D eigenvalue weighted by Crippen LogP contribution is -2.45. The number of nitrogens with one attached hydrogen (secondary N) is 4. The number of ether oxygens (including phenoxy) is 7. The molecule has 0 bridgehead atoms. The number of aromatic amines is 1. The monoisotopic (exact) mass is 1390 g/mol. The van der Waals surface area contributed by atoms with E-state index in [1.807, 2.05) is 19.9 Å². The fourth-order valence-corrected chi connectivity index (χ4v) is 14.4. The lowest BCUT2D eigenvalue weighted by Gasteiger charge is -2.34. The highest BCUT2D eigenvalue weighted by molar-refractivity contribution is 5.87. The predicted octanol–water partition coefficient (Wildman–Crippen LogP) is 8.93. The van der Waals surface area contributed by atoms with Gasteiger partial charge >= 0.3 is 11.7 Å². The van der Waals surface area contributed by atoms with Crippen molar-refractivity contribution in [1.29, 1.82) is 0 Å². The minimum Gasteiger partial charge on any atom is -0.488 e. The van der Waals surface area contributed by atoms with Crippen molar-refractivity contribution in [2.45, 2.75) is 127 Å². The smallest absolute Gasteiger partial charge is 0.346 e. The van der Waals surface area contributed by atoms with E-state index in [0.29, 0.717) is 36.6 Å². The predicted molar refractivity (Wildman–Crippen MR) is 393 cm³/mol. The zero-order chi connectivity index (χ0) is 69.4. The van der Waals surface area contributed by atoms with E-state index in [4.69, 9.17) is 43.1 Å². The zero-order valence-corrected chi connectivity index (χ0v) is 58.7. The first-order valence-electron chi connectivity index (χ1n) is 36.5. The molecule has 28 heteroatoms. The standard InChI is InChI=1S/C28H38N8O2.C24H30N6O3.C22H26N6O3/c1-20-31-26(19-27(32-20)36-11-9-34(2)10-12-36)33-21-3-5-23(6-4-21)38-25-18-22(35-13-15-37-16-14-35)17-24-28(25)30-8-7-29-24;1-2-32-24-27-8-7-22(29-24)28-17-3-5-19(6-4-17)33-21-16-18(30-11-13-31-14-12-30)15-20-23(21)26-10-9-25-20;29-22-25-6-5-20(27-22)26-15-1-3-17(4-2-15)31-19-14-16(28-9-11-30-12-10-28)13-18-21(19)24-8-7-23-18/h7-8,17-19,21,23H,3-6,9-16H2,1-2H3,(H,31,32,33);7-10,15-17,19H,2-6,11-14H2,1H3,(H,27,28,29);5-8,13-15,17H,1-4,9-12H2,(H2,25,26,27,29). The molecule has 28 nitrogen and oxygen atoms in total. The van der Waals surface area contributed by atoms with Crippen molar-refractivity contribution in [2.75, 3.05) is 154 Å². The maximum atomic E-state index is 11.4. The van der Waals surface area contributed by atoms with E-state index in [0.717, 1.165) is 273 Å². The molecule has 16 rings (SSSR count). The maximum Gasteiger partial charge on any atom is 0.346 e. The number of likely N-dealkylation sites (N-methyl/N-ethyl adjacent to an activating group) is 1. The van der Waals surface area contributed by atoms with Crippen molar-refractivity contribution in [2.24, 2.45) is 0 Å². The number of hydrogen-bond acceptors (Lipinski definition) is 27. The molecule has 0 atom stereocenters. The largest absolute Gasteiger partial charge is 0.488 e. The molecule has 538 valence electrons. The average molecular weight is 1390 g/mol. The van der Waals surface area contributed by atoms with Gasteiger partial charge in [0.2, 0.25) is 0 Å². The Bertz CT molecular complexity index is 4240. The van der Waals surface area contributed by atoms with Crippen molar-refractivity contribution in [1.82, 2.24) is 64.7 Å². The van der Waals surface area contributed by atoms with Crippen LogP contribution in [-0.2, 0) is 14.2 Å². The summed E-state index contributed by atoms with van der Waals surface area (Å²) in [5, 5.41) is 10.6. The number of hydrogen-bond donors (Lipinski definition) is 4. The molecular formula is C74H94N20O8. The van der Waals surface area contributed by atoms with E-state index in [1.165, 1.54) is 6.20 Å². The Morgan fingerprint density at radius 2 is 0.863 bits per heavy atom. The van der Waals surface area contributed by atoms with Gasteiger partial charge in [0.15, 0.2) is 0 Å². The molecule has 4 N–H and O–H groups in total. The number of nitrogens with zero attached hydrogens (tertiary/aromatic N) is 16. The Morgan fingerprint density at radius 1 is 0.441 bits per heavy atom. The zero-order valence-electron chi connectivity index (χ0n) is 58.7. The van der Waals surface area contributed by atoms with Gasteiger partial charge < -0.3 is 73.6 Å². The summed E-state index contributed by atoms with van der Waals surface area (Å²) in [6.07, 6.45) is 25.8. The number of anilines is 7. The van der Waals surface area contributed by atoms with Crippen LogP contribution in [0.25, 0.3) is 33.1 Å². The third-order valence-electron chi connectivity index (χ3n) is 19.9. The number of fused-ring (bicyclic) bond motifs is 3. The van der Waals surface area contributed by atoms with Crippen LogP contribution in [-0.4, -0.2) is 220 Å². The van der Waals surface area contributed by atoms with Crippen LogP contribution >= 0.6 is 0 Å². The maximum absolute atomic E-state index is 11.4. The lowest BCUT2D eigenvalue weighted by molar-refractivity contribution is 0.122. The second-order valence-corrected chi connectivity index (χ2v) is 27.0. The van der Waals surface area contributed by atoms with Gasteiger partial charge in [-0.05, 0) is 128 Å². The summed E-state index contributed by atoms with van der Waals surface area (Å²) in [6.45, 7) is 18.2. The molecule has 7 fully saturated rings. The van der Waals surface area contributed by atoms with Crippen molar-refractivity contribution >= 4 is 73.4 Å². The Kier molecular flexibility index (Phi) is 23.1. The summed E-state index contributed by atoms with van der Waals surface area (Å²) in [7, 11) is 2.17. The lowest BCUT2D eigenvalue weighted by atomic mass is 9.93. The van der Waals surface area contributed by atoms with E-state index in [1.54, 1.807) is 49.4 Å². The highest BCUT2D eigenvalue weighted by Gasteiger charge is 2.29. The van der Waals surface area contributed by atoms with Gasteiger partial charge in [0.1, 0.15) is 62.9 Å². The van der Waals surface area contributed by atoms with Gasteiger partial charge in [0, 0.05) is 174 Å². The number of H-pyrrole nitrogens is 1. The molecule has 0 unspecified atom stereocenters. The summed E-state index contributed by atoms with van der Waals surface area (Å²) in [5.74, 6) is 6.72. The van der Waals surface area contributed by atoms with Crippen molar-refractivity contribution in [3.63, 3.8) is 0 Å². The number of aryl methyl sites for hydroxylation is 1. The number of piperazine rings is 1. The molecule has 9 aromatic rings. The van der Waals surface area contributed by atoms with E-state index in [2.05, 4.69) is 140 Å². The van der Waals surface area contributed by atoms with Gasteiger partial charge in [0.25, 0.3) is 0 Å². The van der Waals surface area contributed by atoms with Gasteiger partial charge in [-0.2, -0.15) is 4.98 Å². The van der Waals surface area contributed by atoms with Crippen molar-refractivity contribution in [3.05, 3.63) is 120 Å². The van der Waals surface area contributed by atoms with Crippen LogP contribution in [0.3, 0.4) is 0 Å². The summed E-state index contributed by atoms with van der Waals surface area (Å²) in [4.78, 5) is 74.7. The molecule has 0 spiro atoms. The van der Waals surface area contributed by atoms with Gasteiger partial charge in [0.05, 0.1) is 81.1 Å². The molecule has 3 saturated carbocycles. The van der Waals surface area contributed by atoms with Gasteiger partial charge in [-0.15, -0.1) is 0 Å². The molecule has 4 aliphatic heterocycles. The number of benzene rings is 3. The van der Waals surface area contributed by atoms with Crippen LogP contribution in [0.5, 0.6) is 23.3 Å². The second-order valence-electron chi connectivity index (χ2n) is 27.0. The topological polar surface area (TPSA) is 292 Å². The molecule has 3 aromatic carbocycles. The first-order valence-corrected chi connectivity index (χ1v) is 36.5. The molecule has 4 saturated heterocycles. The fourth-order valence-electron chi connectivity index (χ4n) is 14.4. The summed E-state index contributed by atoms with van der Waals surface area (Å²) >= 11 is 0. The molecule has 0 amide bonds. The summed E-state index contributed by atoms with van der Waals surface area (Å²) < 4.78 is 41.5. The third kappa shape index (κ3) is 18.3. The van der Waals surface area contributed by atoms with E-state index >= 15 is 0 Å². The molecule has 10 heterocycles. The van der Waals surface area contributed by atoms with Crippen LogP contribution in [0, 0.1) is 6.92 Å². The van der Waals surface area contributed by atoms with E-state index in [-0.39, 0.29) is 24.0 Å². The Morgan fingerprint density at radius 3 is 1.30 bits per heavy atom. The first-order chi connectivity index (χ1) is 50.1.